The Morgan fingerprint density at radius 3 is 2.62 bits per heavy atom. The first-order valence-corrected chi connectivity index (χ1v) is 7.27. The third-order valence-electron chi connectivity index (χ3n) is 2.94. The van der Waals surface area contributed by atoms with E-state index < -0.39 is 5.97 Å². The van der Waals surface area contributed by atoms with Gasteiger partial charge < -0.3 is 9.47 Å². The number of hydrogen-bond acceptors (Lipinski definition) is 4. The number of hydrogen-bond donors (Lipinski definition) is 0. The summed E-state index contributed by atoms with van der Waals surface area (Å²) in [7, 11) is 2.84. The summed E-state index contributed by atoms with van der Waals surface area (Å²) in [6.07, 6.45) is 0. The third kappa shape index (κ3) is 3.76. The second kappa shape index (κ2) is 7.13. The zero-order chi connectivity index (χ0) is 15.2. The number of ether oxygens (including phenoxy) is 2. The van der Waals surface area contributed by atoms with Gasteiger partial charge in [0.25, 0.3) is 0 Å². The number of methoxy groups -OCH3 is 2. The van der Waals surface area contributed by atoms with E-state index in [0.717, 1.165) is 4.90 Å². The molecule has 0 aliphatic rings. The Morgan fingerprint density at radius 2 is 1.95 bits per heavy atom. The molecule has 3 nitrogen and oxygen atoms in total. The summed E-state index contributed by atoms with van der Waals surface area (Å²) in [6, 6.07) is 11.9. The molecule has 0 unspecified atom stereocenters. The number of carbonyl (C=O) groups excluding carboxylic acids is 1. The van der Waals surface area contributed by atoms with E-state index in [4.69, 9.17) is 9.47 Å². The fourth-order valence-corrected chi connectivity index (χ4v) is 2.83. The van der Waals surface area contributed by atoms with Crippen molar-refractivity contribution in [3.63, 3.8) is 0 Å². The van der Waals surface area contributed by atoms with Crippen LogP contribution in [0.2, 0.25) is 0 Å². The molecule has 0 heterocycles. The molecule has 2 rings (SSSR count). The Hall–Kier alpha value is -2.01. The van der Waals surface area contributed by atoms with Crippen molar-refractivity contribution < 1.29 is 18.7 Å². The van der Waals surface area contributed by atoms with Crippen molar-refractivity contribution in [2.24, 2.45) is 0 Å². The van der Waals surface area contributed by atoms with Gasteiger partial charge in [-0.15, -0.1) is 11.8 Å². The van der Waals surface area contributed by atoms with Gasteiger partial charge in [-0.3, -0.25) is 0 Å². The molecule has 0 aromatic heterocycles. The first-order chi connectivity index (χ1) is 10.2. The van der Waals surface area contributed by atoms with Crippen molar-refractivity contribution in [1.82, 2.24) is 0 Å². The van der Waals surface area contributed by atoms with Gasteiger partial charge in [0, 0.05) is 16.7 Å². The summed E-state index contributed by atoms with van der Waals surface area (Å²) in [6.45, 7) is 0. The second-order valence-corrected chi connectivity index (χ2v) is 5.25. The van der Waals surface area contributed by atoms with Gasteiger partial charge in [0.05, 0.1) is 19.8 Å². The molecule has 0 atom stereocenters. The van der Waals surface area contributed by atoms with E-state index in [1.807, 2.05) is 12.1 Å². The van der Waals surface area contributed by atoms with Crippen LogP contribution in [0.15, 0.2) is 47.4 Å². The van der Waals surface area contributed by atoms with Crippen molar-refractivity contribution in [2.45, 2.75) is 10.6 Å². The molecule has 0 N–H and O–H groups in total. The molecule has 0 fully saturated rings. The predicted octanol–water partition coefficient (Wildman–Crippen LogP) is 3.91. The number of rotatable bonds is 5. The molecule has 0 aliphatic carbocycles. The minimum Gasteiger partial charge on any atom is -0.497 e. The molecule has 0 saturated carbocycles. The highest BCUT2D eigenvalue weighted by Crippen LogP contribution is 2.28. The molecule has 21 heavy (non-hydrogen) atoms. The normalized spacial score (nSPS) is 10.2. The Balaban J connectivity index is 2.15. The maximum atomic E-state index is 13.9. The van der Waals surface area contributed by atoms with Crippen LogP contribution in [-0.2, 0) is 10.5 Å². The molecular weight excluding hydrogens is 291 g/mol. The minimum absolute atomic E-state index is 0.322. The summed E-state index contributed by atoms with van der Waals surface area (Å²) in [5.74, 6) is 0.186. The Labute approximate surface area is 127 Å². The lowest BCUT2D eigenvalue weighted by molar-refractivity contribution is 0.0597. The average Bonchev–Trinajstić information content (AvgIpc) is 2.53. The topological polar surface area (TPSA) is 35.5 Å². The summed E-state index contributed by atoms with van der Waals surface area (Å²) in [5.41, 5.74) is 1.04. The maximum absolute atomic E-state index is 13.9. The van der Waals surface area contributed by atoms with Gasteiger partial charge in [-0.25, -0.2) is 9.18 Å². The predicted molar refractivity (Wildman–Crippen MR) is 80.3 cm³/mol. The van der Waals surface area contributed by atoms with E-state index in [9.17, 15) is 9.18 Å². The van der Waals surface area contributed by atoms with Gasteiger partial charge >= 0.3 is 5.97 Å². The van der Waals surface area contributed by atoms with Crippen molar-refractivity contribution in [2.75, 3.05) is 14.2 Å². The summed E-state index contributed by atoms with van der Waals surface area (Å²) in [5, 5.41) is 0. The minimum atomic E-state index is -0.395. The molecular formula is C16H15FO3S. The second-order valence-electron chi connectivity index (χ2n) is 4.23. The van der Waals surface area contributed by atoms with Gasteiger partial charge in [-0.2, -0.15) is 0 Å². The standard InChI is InChI=1S/C16H15FO3S/c1-19-12-8-7-11(14(17)9-12)10-21-15-6-4-3-5-13(15)16(18)20-2/h3-9H,10H2,1-2H3. The lowest BCUT2D eigenvalue weighted by Crippen LogP contribution is -2.02. The van der Waals surface area contributed by atoms with Gasteiger partial charge in [0.2, 0.25) is 0 Å². The summed E-state index contributed by atoms with van der Waals surface area (Å²) >= 11 is 1.39. The summed E-state index contributed by atoms with van der Waals surface area (Å²) < 4.78 is 23.6. The van der Waals surface area contributed by atoms with Crippen molar-refractivity contribution in [1.29, 1.82) is 0 Å². The number of halogens is 1. The van der Waals surface area contributed by atoms with Gasteiger partial charge in [-0.1, -0.05) is 18.2 Å². The van der Waals surface area contributed by atoms with E-state index in [-0.39, 0.29) is 5.82 Å². The molecule has 0 spiro atoms. The fourth-order valence-electron chi connectivity index (χ4n) is 1.80. The van der Waals surface area contributed by atoms with E-state index in [0.29, 0.717) is 22.6 Å². The van der Waals surface area contributed by atoms with Gasteiger partial charge in [-0.05, 0) is 23.8 Å². The molecule has 0 radical (unpaired) electrons. The van der Waals surface area contributed by atoms with Crippen LogP contribution in [0.1, 0.15) is 15.9 Å². The van der Waals surface area contributed by atoms with Crippen LogP contribution in [0.5, 0.6) is 5.75 Å². The number of benzene rings is 2. The molecule has 110 valence electrons. The van der Waals surface area contributed by atoms with Crippen LogP contribution in [0.3, 0.4) is 0 Å². The molecule has 2 aromatic carbocycles. The molecule has 0 aliphatic heterocycles. The number of thioether (sulfide) groups is 1. The van der Waals surface area contributed by atoms with Crippen LogP contribution in [-0.4, -0.2) is 20.2 Å². The Bertz CT molecular complexity index is 643. The van der Waals surface area contributed by atoms with Crippen LogP contribution >= 0.6 is 11.8 Å². The van der Waals surface area contributed by atoms with Crippen LogP contribution in [0.25, 0.3) is 0 Å². The summed E-state index contributed by atoms with van der Waals surface area (Å²) in [4.78, 5) is 12.4. The molecule has 2 aromatic rings. The molecule has 5 heteroatoms. The Kier molecular flexibility index (Phi) is 5.22. The zero-order valence-electron chi connectivity index (χ0n) is 11.8. The number of carbonyl (C=O) groups is 1. The largest absolute Gasteiger partial charge is 0.497 e. The van der Waals surface area contributed by atoms with Crippen molar-refractivity contribution >= 4 is 17.7 Å². The molecule has 0 amide bonds. The van der Waals surface area contributed by atoms with Crippen molar-refractivity contribution in [3.8, 4) is 5.75 Å². The van der Waals surface area contributed by atoms with Crippen LogP contribution in [0, 0.1) is 5.82 Å². The van der Waals surface area contributed by atoms with Crippen LogP contribution < -0.4 is 4.74 Å². The highest BCUT2D eigenvalue weighted by Gasteiger charge is 2.12. The van der Waals surface area contributed by atoms with E-state index in [2.05, 4.69) is 0 Å². The molecule has 0 saturated heterocycles. The number of esters is 1. The molecule has 0 bridgehead atoms. The highest BCUT2D eigenvalue weighted by molar-refractivity contribution is 7.98. The monoisotopic (exact) mass is 306 g/mol. The van der Waals surface area contributed by atoms with E-state index in [1.54, 1.807) is 24.3 Å². The lowest BCUT2D eigenvalue weighted by atomic mass is 10.2. The SMILES string of the molecule is COC(=O)c1ccccc1SCc1ccc(OC)cc1F. The maximum Gasteiger partial charge on any atom is 0.338 e. The van der Waals surface area contributed by atoms with Crippen LogP contribution in [0.4, 0.5) is 4.39 Å². The first-order valence-electron chi connectivity index (χ1n) is 6.28. The Morgan fingerprint density at radius 1 is 1.19 bits per heavy atom. The highest BCUT2D eigenvalue weighted by atomic mass is 32.2. The lowest BCUT2D eigenvalue weighted by Gasteiger charge is -2.08. The van der Waals surface area contributed by atoms with Crippen molar-refractivity contribution in [3.05, 3.63) is 59.4 Å². The van der Waals surface area contributed by atoms with E-state index >= 15 is 0 Å². The quantitative estimate of drug-likeness (QED) is 0.620. The first kappa shape index (κ1) is 15.4. The fraction of sp³-hybridized carbons (Fsp3) is 0.188. The third-order valence-corrected chi connectivity index (χ3v) is 4.06. The average molecular weight is 306 g/mol. The zero-order valence-corrected chi connectivity index (χ0v) is 12.6. The smallest absolute Gasteiger partial charge is 0.338 e. The van der Waals surface area contributed by atoms with Gasteiger partial charge in [0.15, 0.2) is 0 Å². The van der Waals surface area contributed by atoms with Gasteiger partial charge in [0.1, 0.15) is 11.6 Å². The van der Waals surface area contributed by atoms with E-state index in [1.165, 1.54) is 32.0 Å².